The Morgan fingerprint density at radius 2 is 0.559 bits per heavy atom. The second-order valence-electron chi connectivity index (χ2n) is 37.6. The van der Waals surface area contributed by atoms with E-state index < -0.39 is 0 Å². The molecule has 10 heteroatoms. The number of hydrogen-bond donors (Lipinski definition) is 1. The summed E-state index contributed by atoms with van der Waals surface area (Å²) in [6, 6.07) is 150. The van der Waals surface area contributed by atoms with Crippen LogP contribution in [0.2, 0.25) is 0 Å². The molecule has 676 valence electrons. The number of allylic oxidation sites excluding steroid dienone is 4. The van der Waals surface area contributed by atoms with Crippen molar-refractivity contribution in [2.45, 2.75) is 20.3 Å². The molecule has 0 spiro atoms. The molecule has 27 aromatic rings. The van der Waals surface area contributed by atoms with Gasteiger partial charge in [0.1, 0.15) is 6.61 Å². The van der Waals surface area contributed by atoms with Gasteiger partial charge in [-0.15, -0.1) is 4.91 Å². The summed E-state index contributed by atoms with van der Waals surface area (Å²) < 4.78 is 8.37. The summed E-state index contributed by atoms with van der Waals surface area (Å²) in [6.07, 6.45) is 0.895. The fraction of sp³-hybridized carbons (Fsp3) is 0.0376. The predicted molar refractivity (Wildman–Crippen MR) is 614 cm³/mol. The van der Waals surface area contributed by atoms with Gasteiger partial charge >= 0.3 is 0 Å². The molecule has 0 aromatic heterocycles. The quantitative estimate of drug-likeness (QED) is 0.0326. The highest BCUT2D eigenvalue weighted by molar-refractivity contribution is 9.11. The van der Waals surface area contributed by atoms with E-state index in [0.29, 0.717) is 30.4 Å². The van der Waals surface area contributed by atoms with Crippen molar-refractivity contribution in [1.82, 2.24) is 0 Å². The number of nitrogens with two attached hydrogens (primary N) is 1. The van der Waals surface area contributed by atoms with Crippen LogP contribution in [-0.4, -0.2) is 18.9 Å². The summed E-state index contributed by atoms with van der Waals surface area (Å²) in [5.41, 5.74) is 29.5. The van der Waals surface area contributed by atoms with Crippen molar-refractivity contribution in [3.05, 3.63) is 459 Å². The third-order valence-corrected chi connectivity index (χ3v) is 31.8. The number of carbonyl (C=O) groups excluding carboxylic acids is 2. The number of nitrogen functional groups attached to an aromatic ring is 1. The molecule has 0 aliphatic heterocycles. The van der Waals surface area contributed by atoms with Gasteiger partial charge < -0.3 is 15.3 Å². The van der Waals surface area contributed by atoms with Gasteiger partial charge in [0.25, 0.3) is 6.47 Å². The van der Waals surface area contributed by atoms with Gasteiger partial charge in [-0.1, -0.05) is 444 Å². The van der Waals surface area contributed by atoms with Gasteiger partial charge in [-0.05, 0) is 305 Å². The molecule has 0 saturated heterocycles. The van der Waals surface area contributed by atoms with E-state index in [0.717, 1.165) is 86.3 Å². The highest BCUT2D eigenvalue weighted by atomic mass is 79.9. The number of fused-ring (bicyclic) bond motifs is 22. The molecule has 0 bridgehead atoms. The van der Waals surface area contributed by atoms with Crippen molar-refractivity contribution in [2.24, 2.45) is 11.3 Å². The molecule has 3 aliphatic rings. The molecule has 7 nitrogen and oxygen atoms in total. The summed E-state index contributed by atoms with van der Waals surface area (Å²) in [6.45, 7) is 4.98. The van der Waals surface area contributed by atoms with Crippen molar-refractivity contribution >= 4 is 260 Å². The maximum Gasteiger partial charge on any atom is 0.298 e. The maximum absolute atomic E-state index is 13.8. The normalized spacial score (nSPS) is 12.5. The third-order valence-electron chi connectivity index (χ3n) is 29.7. The lowest BCUT2D eigenvalue weighted by molar-refractivity contribution is -0.120. The van der Waals surface area contributed by atoms with Crippen LogP contribution < -0.4 is 10.5 Å². The number of nitrogens with zero attached hydrogens (tertiary/aromatic N) is 1. The van der Waals surface area contributed by atoms with E-state index in [1.165, 1.54) is 217 Å². The number of rotatable bonds is 12. The van der Waals surface area contributed by atoms with E-state index in [1.54, 1.807) is 0 Å². The van der Waals surface area contributed by atoms with Crippen LogP contribution >= 0.6 is 47.8 Å². The lowest BCUT2D eigenvalue weighted by Gasteiger charge is -2.19. The molecule has 0 amide bonds. The van der Waals surface area contributed by atoms with Crippen LogP contribution in [0.15, 0.2) is 437 Å². The molecule has 0 heterocycles. The first-order valence-electron chi connectivity index (χ1n) is 48.3. The number of halogens is 3. The lowest BCUT2D eigenvalue weighted by Crippen LogP contribution is -2.02. The van der Waals surface area contributed by atoms with Gasteiger partial charge in [-0.3, -0.25) is 9.59 Å². The van der Waals surface area contributed by atoms with Gasteiger partial charge in [-0.2, -0.15) is 0 Å². The smallest absolute Gasteiger partial charge is 0.298 e. The van der Waals surface area contributed by atoms with Crippen LogP contribution in [0.25, 0.3) is 261 Å². The number of benzene rings is 23. The number of carbonyl (C=O) groups is 2. The fourth-order valence-electron chi connectivity index (χ4n) is 24.0. The van der Waals surface area contributed by atoms with Crippen molar-refractivity contribution in [3.8, 4) is 72.5 Å². The Morgan fingerprint density at radius 1 is 0.259 bits per heavy atom. The summed E-state index contributed by atoms with van der Waals surface area (Å²) in [5, 5.41) is 43.8. The van der Waals surface area contributed by atoms with Gasteiger partial charge in [0.15, 0.2) is 16.9 Å². The van der Waals surface area contributed by atoms with Crippen LogP contribution in [0, 0.1) is 10.8 Å². The molecular formula is C133H83Br3N2O5. The van der Waals surface area contributed by atoms with Gasteiger partial charge in [0, 0.05) is 41.1 Å². The Kier molecular flexibility index (Phi) is 21.2. The van der Waals surface area contributed by atoms with Crippen LogP contribution in [0.5, 0.6) is 5.75 Å². The first-order valence-corrected chi connectivity index (χ1v) is 50.7. The Labute approximate surface area is 848 Å². The SMILES string of the molecule is Brc1ccc2c3c(-c4ccccc4)c4c(cc5c6ccccc6c6cccc4c65)c(-c4ccccc4)c3c3cccc1c32.Brc1ccc2c3c(-c4ccccc4)c4cc5c6ccccc6c6cccc(c4c(-c4ccccc4)c3c3cccc1c23)c65.CC(C)CCON=O.Nc1c(OC=O)cc2c3c(cccc13)-c1ccccc1-2.O=C1C(c2ccccc2)=C2C(=C1c1ccccc1)c1ccc(Br)c3cccc2c13. The molecule has 143 heavy (non-hydrogen) atoms. The van der Waals surface area contributed by atoms with Gasteiger partial charge in [-0.25, -0.2) is 0 Å². The molecule has 0 atom stereocenters. The van der Waals surface area contributed by atoms with E-state index in [2.05, 4.69) is 399 Å². The van der Waals surface area contributed by atoms with Crippen molar-refractivity contribution in [3.63, 3.8) is 0 Å². The number of ether oxygens (including phenoxy) is 1. The number of anilines is 1. The molecule has 2 N–H and O–H groups in total. The summed E-state index contributed by atoms with van der Waals surface area (Å²) >= 11 is 11.5. The van der Waals surface area contributed by atoms with Crippen LogP contribution in [0.1, 0.15) is 42.5 Å². The van der Waals surface area contributed by atoms with E-state index >= 15 is 0 Å². The van der Waals surface area contributed by atoms with Crippen molar-refractivity contribution in [2.75, 3.05) is 12.3 Å². The molecule has 0 radical (unpaired) electrons. The van der Waals surface area contributed by atoms with Gasteiger partial charge in [0.05, 0.1) is 5.69 Å². The monoisotopic (exact) mass is 2020 g/mol. The van der Waals surface area contributed by atoms with Crippen molar-refractivity contribution < 1.29 is 19.2 Å². The molecule has 0 saturated carbocycles. The fourth-order valence-corrected chi connectivity index (χ4v) is 25.4. The highest BCUT2D eigenvalue weighted by Crippen LogP contribution is 2.62. The Balaban J connectivity index is 0.0000000981. The minimum atomic E-state index is 0.109. The molecule has 0 fully saturated rings. The van der Waals surface area contributed by atoms with Crippen LogP contribution in [0.3, 0.4) is 0 Å². The highest BCUT2D eigenvalue weighted by Gasteiger charge is 2.41. The van der Waals surface area contributed by atoms with Crippen molar-refractivity contribution in [1.29, 1.82) is 0 Å². The Hall–Kier alpha value is -16.6. The van der Waals surface area contributed by atoms with E-state index in [9.17, 15) is 14.5 Å². The molecule has 30 rings (SSSR count). The van der Waals surface area contributed by atoms with Crippen LogP contribution in [-0.2, 0) is 14.4 Å². The topological polar surface area (TPSA) is 108 Å². The lowest BCUT2D eigenvalue weighted by atomic mass is 9.84. The first-order chi connectivity index (χ1) is 70.4. The number of hydrogen-bond acceptors (Lipinski definition) is 7. The summed E-state index contributed by atoms with van der Waals surface area (Å²) in [5.74, 6) is 1.10. The Bertz CT molecular complexity index is 9630. The second kappa shape index (κ2) is 35.0. The maximum atomic E-state index is 13.8. The summed E-state index contributed by atoms with van der Waals surface area (Å²) in [7, 11) is 0. The van der Waals surface area contributed by atoms with Crippen LogP contribution in [0.4, 0.5) is 5.69 Å². The standard InChI is InChI=1S/2C42H23Br.C27H15BrO.C17H11NO2.C5H11NO2/c43-35-22-21-32-39-29(35)18-10-20-31(39)42-37(25-13-5-2-6-14-25)40-30-19-9-17-28-26-15-7-8-16-27(26)33(38(28)30)23-34(40)36(41(32)42)24-11-3-1-4-12-24;43-35-22-21-32-39-29(35)18-10-20-31(39)41-36(24-11-3-1-4-12-24)34-23-33-27-16-8-7-15-26(27)28-17-9-19-30(38(28)33)40(34)37(42(32)41)25-13-5-2-6-14-25;28-21-15-14-20-24-18(21)12-7-13-19(24)25-22(16-8-3-1-4-9-16)27(29)23(26(20)25)17-10-5-2-6-11-17;18-17-13-7-3-6-12-10-4-1-2-5-11(10)14(16(12)13)8-15(17)20-9-19;1-5(2)3-4-8-6-7/h2*1-23H;1-15H;1-9H,18H2;5H,3-4H2,1-2H3. The minimum Gasteiger partial charge on any atom is -0.426 e. The zero-order valence-electron chi connectivity index (χ0n) is 77.6. The predicted octanol–water partition coefficient (Wildman–Crippen LogP) is 37.8. The average molecular weight is 2030 g/mol. The molecule has 27 aromatic carbocycles. The summed E-state index contributed by atoms with van der Waals surface area (Å²) in [4.78, 5) is 38.0. The van der Waals surface area contributed by atoms with Gasteiger partial charge in [0.2, 0.25) is 0 Å². The second-order valence-corrected chi connectivity index (χ2v) is 40.2. The Morgan fingerprint density at radius 3 is 0.986 bits per heavy atom. The zero-order chi connectivity index (χ0) is 96.1. The molecule has 0 unspecified atom stereocenters. The zero-order valence-corrected chi connectivity index (χ0v) is 82.4. The number of ketones is 1. The minimum absolute atomic E-state index is 0.109. The molecule has 3 aliphatic carbocycles. The number of Topliss-reactive ketones (excluding diaryl/α,β-unsaturated/α-hetero) is 1. The largest absolute Gasteiger partial charge is 0.426 e. The average Bonchev–Trinajstić information content (AvgIpc) is 1.53. The third kappa shape index (κ3) is 13.6. The van der Waals surface area contributed by atoms with E-state index in [4.69, 9.17) is 10.5 Å². The van der Waals surface area contributed by atoms with E-state index in [1.807, 2.05) is 91.0 Å². The molecular weight excluding hydrogens is 1950 g/mol. The van der Waals surface area contributed by atoms with E-state index in [-0.39, 0.29) is 5.78 Å². The first kappa shape index (κ1) is 86.7.